The highest BCUT2D eigenvalue weighted by Crippen LogP contribution is 2.22. The molecule has 0 bridgehead atoms. The molecule has 0 aliphatic heterocycles. The first-order valence-electron chi connectivity index (χ1n) is 7.89. The zero-order valence-corrected chi connectivity index (χ0v) is 13.5. The second kappa shape index (κ2) is 8.13. The molecule has 1 unspecified atom stereocenters. The van der Waals surface area contributed by atoms with Crippen LogP contribution in [0.15, 0.2) is 54.6 Å². The minimum atomic E-state index is -0.204. The Bertz CT molecular complexity index is 668. The van der Waals surface area contributed by atoms with Crippen LogP contribution in [0.4, 0.5) is 5.69 Å². The van der Waals surface area contributed by atoms with E-state index in [0.717, 1.165) is 5.56 Å². The van der Waals surface area contributed by atoms with Gasteiger partial charge in [-0.25, -0.2) is 0 Å². The first kappa shape index (κ1) is 16.7. The van der Waals surface area contributed by atoms with Crippen molar-refractivity contribution in [3.8, 4) is 0 Å². The van der Waals surface area contributed by atoms with E-state index < -0.39 is 0 Å². The van der Waals surface area contributed by atoms with Crippen LogP contribution in [0.5, 0.6) is 0 Å². The van der Waals surface area contributed by atoms with Gasteiger partial charge >= 0.3 is 0 Å². The van der Waals surface area contributed by atoms with Crippen LogP contribution < -0.4 is 10.6 Å². The molecule has 4 nitrogen and oxygen atoms in total. The monoisotopic (exact) mass is 310 g/mol. The summed E-state index contributed by atoms with van der Waals surface area (Å²) in [5.41, 5.74) is 2.16. The Hall–Kier alpha value is -2.62. The average molecular weight is 310 g/mol. The van der Waals surface area contributed by atoms with E-state index in [1.54, 1.807) is 24.3 Å². The summed E-state index contributed by atoms with van der Waals surface area (Å²) >= 11 is 0. The van der Waals surface area contributed by atoms with E-state index >= 15 is 0 Å². The Morgan fingerprint density at radius 1 is 1.00 bits per heavy atom. The summed E-state index contributed by atoms with van der Waals surface area (Å²) < 4.78 is 0. The van der Waals surface area contributed by atoms with E-state index in [1.165, 1.54) is 0 Å². The fourth-order valence-electron chi connectivity index (χ4n) is 2.49. The van der Waals surface area contributed by atoms with Crippen molar-refractivity contribution in [1.29, 1.82) is 0 Å². The van der Waals surface area contributed by atoms with Gasteiger partial charge < -0.3 is 10.6 Å². The Morgan fingerprint density at radius 3 is 2.39 bits per heavy atom. The topological polar surface area (TPSA) is 58.2 Å². The lowest BCUT2D eigenvalue weighted by molar-refractivity contribution is -0.117. The van der Waals surface area contributed by atoms with Crippen molar-refractivity contribution in [2.75, 3.05) is 11.9 Å². The third-order valence-corrected chi connectivity index (χ3v) is 3.66. The van der Waals surface area contributed by atoms with Crippen LogP contribution in [-0.2, 0) is 4.79 Å². The maximum Gasteiger partial charge on any atom is 0.251 e. The van der Waals surface area contributed by atoms with E-state index in [2.05, 4.69) is 10.6 Å². The molecule has 0 heterocycles. The van der Waals surface area contributed by atoms with Gasteiger partial charge in [0, 0.05) is 17.8 Å². The lowest BCUT2D eigenvalue weighted by Gasteiger charge is -2.16. The molecule has 0 radical (unpaired) electrons. The molecule has 4 heteroatoms. The van der Waals surface area contributed by atoms with Crippen LogP contribution in [0.1, 0.15) is 42.1 Å². The number of hydrogen-bond acceptors (Lipinski definition) is 2. The van der Waals surface area contributed by atoms with Crippen LogP contribution in [0.3, 0.4) is 0 Å². The highest BCUT2D eigenvalue weighted by Gasteiger charge is 2.18. The van der Waals surface area contributed by atoms with Gasteiger partial charge in [0.1, 0.15) is 0 Å². The minimum absolute atomic E-state index is 0.0632. The molecule has 0 fully saturated rings. The molecular weight excluding hydrogens is 288 g/mol. The number of benzene rings is 2. The predicted octanol–water partition coefficient (Wildman–Crippen LogP) is 3.57. The van der Waals surface area contributed by atoms with Crippen molar-refractivity contribution >= 4 is 17.5 Å². The number of anilines is 1. The zero-order valence-electron chi connectivity index (χ0n) is 13.5. The summed E-state index contributed by atoms with van der Waals surface area (Å²) in [5, 5.41) is 5.66. The molecule has 2 aromatic carbocycles. The molecule has 2 aromatic rings. The summed E-state index contributed by atoms with van der Waals surface area (Å²) in [6, 6.07) is 16.7. The van der Waals surface area contributed by atoms with Gasteiger partial charge in [-0.05, 0) is 37.1 Å². The molecule has 1 atom stereocenters. The molecule has 0 saturated heterocycles. The molecule has 0 aliphatic carbocycles. The highest BCUT2D eigenvalue weighted by atomic mass is 16.2. The number of carbonyl (C=O) groups excluding carboxylic acids is 2. The maximum absolute atomic E-state index is 12.5. The largest absolute Gasteiger partial charge is 0.352 e. The van der Waals surface area contributed by atoms with Gasteiger partial charge in [-0.15, -0.1) is 0 Å². The molecule has 0 aliphatic rings. The van der Waals surface area contributed by atoms with Crippen LogP contribution in [0.2, 0.25) is 0 Å². The van der Waals surface area contributed by atoms with Crippen molar-refractivity contribution in [1.82, 2.24) is 5.32 Å². The molecule has 120 valence electrons. The van der Waals surface area contributed by atoms with Crippen molar-refractivity contribution in [3.63, 3.8) is 0 Å². The predicted molar refractivity (Wildman–Crippen MR) is 92.6 cm³/mol. The third-order valence-electron chi connectivity index (χ3n) is 3.66. The Balaban J connectivity index is 2.13. The van der Waals surface area contributed by atoms with Crippen molar-refractivity contribution in [3.05, 3.63) is 65.7 Å². The number of rotatable bonds is 6. The number of amides is 2. The summed E-state index contributed by atoms with van der Waals surface area (Å²) in [4.78, 5) is 24.4. The van der Waals surface area contributed by atoms with Gasteiger partial charge in [0.15, 0.2) is 0 Å². The molecule has 2 amide bonds. The number of carbonyl (C=O) groups is 2. The first-order valence-corrected chi connectivity index (χ1v) is 7.89. The standard InChI is InChI=1S/C19H22N2O2/c1-3-17(14-9-6-5-7-10-14)19(23)21-16-12-8-11-15(13-16)18(22)20-4-2/h5-13,17H,3-4H2,1-2H3,(H,20,22)(H,21,23). The third kappa shape index (κ3) is 4.42. The van der Waals surface area contributed by atoms with E-state index in [4.69, 9.17) is 0 Å². The van der Waals surface area contributed by atoms with E-state index in [0.29, 0.717) is 24.2 Å². The number of nitrogens with one attached hydrogen (secondary N) is 2. The summed E-state index contributed by atoms with van der Waals surface area (Å²) in [6.45, 7) is 4.43. The van der Waals surface area contributed by atoms with Crippen molar-refractivity contribution in [2.45, 2.75) is 26.2 Å². The summed E-state index contributed by atoms with van der Waals surface area (Å²) in [5.74, 6) is -0.408. The van der Waals surface area contributed by atoms with Gasteiger partial charge in [0.05, 0.1) is 5.92 Å². The zero-order chi connectivity index (χ0) is 16.7. The molecule has 2 rings (SSSR count). The maximum atomic E-state index is 12.5. The van der Waals surface area contributed by atoms with E-state index in [-0.39, 0.29) is 17.7 Å². The number of hydrogen-bond donors (Lipinski definition) is 2. The fourth-order valence-corrected chi connectivity index (χ4v) is 2.49. The highest BCUT2D eigenvalue weighted by molar-refractivity contribution is 5.99. The fraction of sp³-hybridized carbons (Fsp3) is 0.263. The van der Waals surface area contributed by atoms with Gasteiger partial charge in [-0.3, -0.25) is 9.59 Å². The molecule has 23 heavy (non-hydrogen) atoms. The lowest BCUT2D eigenvalue weighted by atomic mass is 9.95. The summed E-state index contributed by atoms with van der Waals surface area (Å²) in [6.07, 6.45) is 0.714. The van der Waals surface area contributed by atoms with E-state index in [9.17, 15) is 9.59 Å². The van der Waals surface area contributed by atoms with Crippen LogP contribution >= 0.6 is 0 Å². The van der Waals surface area contributed by atoms with Gasteiger partial charge in [0.25, 0.3) is 5.91 Å². The Morgan fingerprint density at radius 2 is 1.74 bits per heavy atom. The van der Waals surface area contributed by atoms with Crippen LogP contribution in [-0.4, -0.2) is 18.4 Å². The second-order valence-corrected chi connectivity index (χ2v) is 5.30. The normalized spacial score (nSPS) is 11.6. The quantitative estimate of drug-likeness (QED) is 0.857. The van der Waals surface area contributed by atoms with Crippen LogP contribution in [0.25, 0.3) is 0 Å². The molecular formula is C19H22N2O2. The average Bonchev–Trinajstić information content (AvgIpc) is 2.57. The molecule has 2 N–H and O–H groups in total. The van der Waals surface area contributed by atoms with Gasteiger partial charge in [0.2, 0.25) is 5.91 Å². The smallest absolute Gasteiger partial charge is 0.251 e. The summed E-state index contributed by atoms with van der Waals surface area (Å²) in [7, 11) is 0. The van der Waals surface area contributed by atoms with Crippen LogP contribution in [0, 0.1) is 0 Å². The lowest BCUT2D eigenvalue weighted by Crippen LogP contribution is -2.23. The Labute approximate surface area is 136 Å². The Kier molecular flexibility index (Phi) is 5.92. The molecule has 0 aromatic heterocycles. The minimum Gasteiger partial charge on any atom is -0.352 e. The molecule has 0 saturated carbocycles. The van der Waals surface area contributed by atoms with Crippen molar-refractivity contribution < 1.29 is 9.59 Å². The van der Waals surface area contributed by atoms with Gasteiger partial charge in [-0.2, -0.15) is 0 Å². The SMILES string of the molecule is CCNC(=O)c1cccc(NC(=O)C(CC)c2ccccc2)c1. The first-order chi connectivity index (χ1) is 11.2. The van der Waals surface area contributed by atoms with E-state index in [1.807, 2.05) is 44.2 Å². The van der Waals surface area contributed by atoms with Crippen molar-refractivity contribution in [2.24, 2.45) is 0 Å². The van der Waals surface area contributed by atoms with Gasteiger partial charge in [-0.1, -0.05) is 43.3 Å². The second-order valence-electron chi connectivity index (χ2n) is 5.30. The molecule has 0 spiro atoms.